The average Bonchev–Trinajstić information content (AvgIpc) is 2.80. The fourth-order valence-electron chi connectivity index (χ4n) is 2.13. The highest BCUT2D eigenvalue weighted by Gasteiger charge is 2.11. The summed E-state index contributed by atoms with van der Waals surface area (Å²) in [6.07, 6.45) is 0. The van der Waals surface area contributed by atoms with Crippen LogP contribution in [0.2, 0.25) is 0 Å². The van der Waals surface area contributed by atoms with Crippen LogP contribution in [-0.4, -0.2) is 10.9 Å². The zero-order valence-electron chi connectivity index (χ0n) is 11.6. The maximum absolute atomic E-state index is 12.3. The van der Waals surface area contributed by atoms with Crippen molar-refractivity contribution >= 4 is 38.6 Å². The number of benzene rings is 2. The minimum absolute atomic E-state index is 0.162. The summed E-state index contributed by atoms with van der Waals surface area (Å²) < 4.78 is 6.18. The van der Waals surface area contributed by atoms with E-state index in [0.717, 1.165) is 15.6 Å². The summed E-state index contributed by atoms with van der Waals surface area (Å²) in [5.74, 6) is 0.444. The van der Waals surface area contributed by atoms with Gasteiger partial charge in [0.05, 0.1) is 5.56 Å². The largest absolute Gasteiger partial charge is 0.441 e. The zero-order chi connectivity index (χ0) is 15.0. The summed E-state index contributed by atoms with van der Waals surface area (Å²) in [6.45, 7) is 3.75. The van der Waals surface area contributed by atoms with Gasteiger partial charge >= 0.3 is 0 Å². The minimum Gasteiger partial charge on any atom is -0.441 e. The first-order chi connectivity index (χ1) is 10.0. The molecule has 0 unspecified atom stereocenters. The normalized spacial score (nSPS) is 10.8. The molecule has 106 valence electrons. The molecule has 0 aliphatic heterocycles. The first-order valence-corrected chi connectivity index (χ1v) is 7.27. The monoisotopic (exact) mass is 344 g/mol. The van der Waals surface area contributed by atoms with Gasteiger partial charge in [0.2, 0.25) is 0 Å². The molecular weight excluding hydrogens is 332 g/mol. The first-order valence-electron chi connectivity index (χ1n) is 6.47. The lowest BCUT2D eigenvalue weighted by Crippen LogP contribution is -2.12. The lowest BCUT2D eigenvalue weighted by Gasteiger charge is -2.07. The number of halogens is 1. The molecule has 0 spiro atoms. The standard InChI is InChI=1S/C16H13BrN2O2/c1-9-3-5-13(17)12(7-9)16(20)19-11-4-6-15-14(8-11)18-10(2)21-15/h3-8H,1-2H3,(H,19,20). The van der Waals surface area contributed by atoms with E-state index in [1.54, 1.807) is 25.1 Å². The van der Waals surface area contributed by atoms with Crippen LogP contribution in [-0.2, 0) is 0 Å². The van der Waals surface area contributed by atoms with Gasteiger partial charge in [0.1, 0.15) is 5.52 Å². The number of carbonyl (C=O) groups excluding carboxylic acids is 1. The van der Waals surface area contributed by atoms with Crippen LogP contribution in [0, 0.1) is 13.8 Å². The van der Waals surface area contributed by atoms with Gasteiger partial charge in [-0.3, -0.25) is 4.79 Å². The lowest BCUT2D eigenvalue weighted by atomic mass is 10.1. The van der Waals surface area contributed by atoms with Crippen molar-refractivity contribution in [3.8, 4) is 0 Å². The third-order valence-electron chi connectivity index (χ3n) is 3.12. The SMILES string of the molecule is Cc1ccc(Br)c(C(=O)Nc2ccc3oc(C)nc3c2)c1. The molecular formula is C16H13BrN2O2. The summed E-state index contributed by atoms with van der Waals surface area (Å²) in [5, 5.41) is 2.88. The lowest BCUT2D eigenvalue weighted by molar-refractivity contribution is 0.102. The number of amides is 1. The quantitative estimate of drug-likeness (QED) is 0.746. The van der Waals surface area contributed by atoms with Crippen molar-refractivity contribution in [2.45, 2.75) is 13.8 Å². The zero-order valence-corrected chi connectivity index (χ0v) is 13.2. The molecule has 0 saturated heterocycles. The summed E-state index contributed by atoms with van der Waals surface area (Å²) in [5.41, 5.74) is 3.77. The van der Waals surface area contributed by atoms with Crippen molar-refractivity contribution in [1.29, 1.82) is 0 Å². The molecule has 3 aromatic rings. The van der Waals surface area contributed by atoms with Crippen molar-refractivity contribution in [2.75, 3.05) is 5.32 Å². The van der Waals surface area contributed by atoms with Crippen LogP contribution in [0.3, 0.4) is 0 Å². The smallest absolute Gasteiger partial charge is 0.256 e. The van der Waals surface area contributed by atoms with Gasteiger partial charge in [0, 0.05) is 17.1 Å². The Balaban J connectivity index is 1.90. The number of aromatic nitrogens is 1. The molecule has 0 bridgehead atoms. The predicted molar refractivity (Wildman–Crippen MR) is 85.6 cm³/mol. The molecule has 0 fully saturated rings. The Morgan fingerprint density at radius 1 is 1.19 bits per heavy atom. The number of carbonyl (C=O) groups is 1. The fourth-order valence-corrected chi connectivity index (χ4v) is 2.56. The number of fused-ring (bicyclic) bond motifs is 1. The van der Waals surface area contributed by atoms with E-state index in [1.807, 2.05) is 25.1 Å². The molecule has 2 aromatic carbocycles. The van der Waals surface area contributed by atoms with Crippen LogP contribution in [0.1, 0.15) is 21.8 Å². The first kappa shape index (κ1) is 13.8. The van der Waals surface area contributed by atoms with E-state index in [0.29, 0.717) is 22.7 Å². The second-order valence-corrected chi connectivity index (χ2v) is 5.71. The predicted octanol–water partition coefficient (Wildman–Crippen LogP) is 4.46. The van der Waals surface area contributed by atoms with Gasteiger partial charge < -0.3 is 9.73 Å². The maximum Gasteiger partial charge on any atom is 0.256 e. The number of anilines is 1. The highest BCUT2D eigenvalue weighted by molar-refractivity contribution is 9.10. The molecule has 0 radical (unpaired) electrons. The van der Waals surface area contributed by atoms with E-state index in [2.05, 4.69) is 26.2 Å². The molecule has 3 rings (SSSR count). The molecule has 21 heavy (non-hydrogen) atoms. The van der Waals surface area contributed by atoms with Crippen molar-refractivity contribution < 1.29 is 9.21 Å². The van der Waals surface area contributed by atoms with Gasteiger partial charge in [-0.2, -0.15) is 0 Å². The van der Waals surface area contributed by atoms with Gasteiger partial charge in [0.25, 0.3) is 5.91 Å². The Morgan fingerprint density at radius 2 is 2.00 bits per heavy atom. The summed E-state index contributed by atoms with van der Waals surface area (Å²) in [6, 6.07) is 11.1. The highest BCUT2D eigenvalue weighted by atomic mass is 79.9. The molecule has 0 aliphatic carbocycles. The summed E-state index contributed by atoms with van der Waals surface area (Å²) in [7, 11) is 0. The maximum atomic E-state index is 12.3. The van der Waals surface area contributed by atoms with Crippen molar-refractivity contribution in [2.24, 2.45) is 0 Å². The van der Waals surface area contributed by atoms with E-state index in [1.165, 1.54) is 0 Å². The second-order valence-electron chi connectivity index (χ2n) is 4.85. The molecule has 1 heterocycles. The van der Waals surface area contributed by atoms with Gasteiger partial charge in [-0.15, -0.1) is 0 Å². The van der Waals surface area contributed by atoms with Crippen LogP contribution >= 0.6 is 15.9 Å². The van der Waals surface area contributed by atoms with Crippen molar-refractivity contribution in [3.63, 3.8) is 0 Å². The van der Waals surface area contributed by atoms with Crippen molar-refractivity contribution in [3.05, 3.63) is 57.9 Å². The third kappa shape index (κ3) is 2.83. The van der Waals surface area contributed by atoms with E-state index in [9.17, 15) is 4.79 Å². The Kier molecular flexibility index (Phi) is 3.51. The molecule has 0 atom stereocenters. The van der Waals surface area contributed by atoms with E-state index in [-0.39, 0.29) is 5.91 Å². The van der Waals surface area contributed by atoms with Crippen LogP contribution in [0.4, 0.5) is 5.69 Å². The van der Waals surface area contributed by atoms with E-state index >= 15 is 0 Å². The highest BCUT2D eigenvalue weighted by Crippen LogP contribution is 2.22. The third-order valence-corrected chi connectivity index (χ3v) is 3.81. The number of hydrogen-bond acceptors (Lipinski definition) is 3. The molecule has 0 saturated carbocycles. The van der Waals surface area contributed by atoms with Crippen LogP contribution < -0.4 is 5.32 Å². The van der Waals surface area contributed by atoms with Crippen LogP contribution in [0.25, 0.3) is 11.1 Å². The van der Waals surface area contributed by atoms with Gasteiger partial charge in [-0.05, 0) is 53.2 Å². The molecule has 1 N–H and O–H groups in total. The van der Waals surface area contributed by atoms with Gasteiger partial charge in [-0.25, -0.2) is 4.98 Å². The topological polar surface area (TPSA) is 55.1 Å². The summed E-state index contributed by atoms with van der Waals surface area (Å²) in [4.78, 5) is 16.6. The Bertz CT molecular complexity index is 839. The fraction of sp³-hybridized carbons (Fsp3) is 0.125. The molecule has 0 aliphatic rings. The average molecular weight is 345 g/mol. The van der Waals surface area contributed by atoms with Gasteiger partial charge in [0.15, 0.2) is 11.5 Å². The number of nitrogens with zero attached hydrogens (tertiary/aromatic N) is 1. The minimum atomic E-state index is -0.162. The number of nitrogens with one attached hydrogen (secondary N) is 1. The molecule has 4 nitrogen and oxygen atoms in total. The molecule has 1 aromatic heterocycles. The second kappa shape index (κ2) is 5.33. The number of oxazole rings is 1. The number of rotatable bonds is 2. The van der Waals surface area contributed by atoms with Crippen LogP contribution in [0.5, 0.6) is 0 Å². The Hall–Kier alpha value is -2.14. The van der Waals surface area contributed by atoms with Crippen molar-refractivity contribution in [1.82, 2.24) is 4.98 Å². The van der Waals surface area contributed by atoms with Crippen LogP contribution in [0.15, 0.2) is 45.3 Å². The van der Waals surface area contributed by atoms with E-state index in [4.69, 9.17) is 4.42 Å². The number of aryl methyl sites for hydroxylation is 2. The molecule has 5 heteroatoms. The number of hydrogen-bond donors (Lipinski definition) is 1. The Morgan fingerprint density at radius 3 is 2.81 bits per heavy atom. The molecule has 1 amide bonds. The van der Waals surface area contributed by atoms with Gasteiger partial charge in [-0.1, -0.05) is 11.6 Å². The van der Waals surface area contributed by atoms with E-state index < -0.39 is 0 Å². The Labute approximate surface area is 130 Å². The summed E-state index contributed by atoms with van der Waals surface area (Å²) >= 11 is 3.40.